The average molecular weight is 208 g/mol. The summed E-state index contributed by atoms with van der Waals surface area (Å²) < 4.78 is 5.01. The number of rotatable bonds is 4. The molecule has 0 aliphatic heterocycles. The van der Waals surface area contributed by atoms with Gasteiger partial charge >= 0.3 is 5.97 Å². The average Bonchev–Trinajstić information content (AvgIpc) is 2.66. The Morgan fingerprint density at radius 3 is 2.60 bits per heavy atom. The second-order valence-electron chi connectivity index (χ2n) is 4.32. The van der Waals surface area contributed by atoms with Crippen molar-refractivity contribution in [3.05, 3.63) is 23.8 Å². The lowest BCUT2D eigenvalue weighted by molar-refractivity contribution is -0.136. The van der Waals surface area contributed by atoms with Crippen LogP contribution in [0.2, 0.25) is 0 Å². The number of carbonyl (C=O) groups excluding carboxylic acids is 1. The third-order valence-electron chi connectivity index (χ3n) is 2.62. The SMILES string of the molecule is CC(C)=CCOC(=O)/C=C/C1CCCC1. The van der Waals surface area contributed by atoms with E-state index in [4.69, 9.17) is 4.74 Å². The molecule has 15 heavy (non-hydrogen) atoms. The fourth-order valence-electron chi connectivity index (χ4n) is 1.70. The highest BCUT2D eigenvalue weighted by Crippen LogP contribution is 2.25. The number of hydrogen-bond acceptors (Lipinski definition) is 2. The molecule has 0 saturated heterocycles. The summed E-state index contributed by atoms with van der Waals surface area (Å²) in [4.78, 5) is 11.2. The molecule has 0 aromatic rings. The van der Waals surface area contributed by atoms with Gasteiger partial charge in [0.1, 0.15) is 6.61 Å². The van der Waals surface area contributed by atoms with E-state index in [1.165, 1.54) is 31.3 Å². The predicted octanol–water partition coefficient (Wildman–Crippen LogP) is 3.24. The molecule has 0 aromatic carbocycles. The van der Waals surface area contributed by atoms with Gasteiger partial charge < -0.3 is 4.74 Å². The zero-order chi connectivity index (χ0) is 11.1. The maximum absolute atomic E-state index is 11.2. The van der Waals surface area contributed by atoms with Crippen molar-refractivity contribution >= 4 is 5.97 Å². The molecule has 2 heteroatoms. The lowest BCUT2D eigenvalue weighted by atomic mass is 10.1. The van der Waals surface area contributed by atoms with E-state index < -0.39 is 0 Å². The number of carbonyl (C=O) groups is 1. The predicted molar refractivity (Wildman–Crippen MR) is 61.5 cm³/mol. The molecule has 2 nitrogen and oxygen atoms in total. The first-order valence-corrected chi connectivity index (χ1v) is 5.67. The molecule has 0 spiro atoms. The Balaban J connectivity index is 2.20. The van der Waals surface area contributed by atoms with Gasteiger partial charge in [0.05, 0.1) is 0 Å². The van der Waals surface area contributed by atoms with E-state index in [2.05, 4.69) is 0 Å². The van der Waals surface area contributed by atoms with Crippen LogP contribution in [0, 0.1) is 5.92 Å². The summed E-state index contributed by atoms with van der Waals surface area (Å²) in [6.45, 7) is 4.36. The van der Waals surface area contributed by atoms with E-state index in [0.29, 0.717) is 12.5 Å². The summed E-state index contributed by atoms with van der Waals surface area (Å²) >= 11 is 0. The number of ether oxygens (including phenoxy) is 1. The van der Waals surface area contributed by atoms with Gasteiger partial charge in [-0.25, -0.2) is 4.79 Å². The second kappa shape index (κ2) is 6.44. The maximum Gasteiger partial charge on any atom is 0.330 e. The van der Waals surface area contributed by atoms with E-state index in [0.717, 1.165) is 0 Å². The van der Waals surface area contributed by atoms with Crippen LogP contribution in [0.25, 0.3) is 0 Å². The van der Waals surface area contributed by atoms with Crippen molar-refractivity contribution in [2.75, 3.05) is 6.61 Å². The van der Waals surface area contributed by atoms with E-state index in [1.54, 1.807) is 6.08 Å². The van der Waals surface area contributed by atoms with Crippen LogP contribution in [0.4, 0.5) is 0 Å². The monoisotopic (exact) mass is 208 g/mol. The van der Waals surface area contributed by atoms with Crippen LogP contribution in [0.3, 0.4) is 0 Å². The molecule has 1 aliphatic carbocycles. The zero-order valence-electron chi connectivity index (χ0n) is 9.66. The molecule has 0 heterocycles. The Morgan fingerprint density at radius 1 is 1.33 bits per heavy atom. The van der Waals surface area contributed by atoms with Crippen LogP contribution in [-0.2, 0) is 9.53 Å². The Hall–Kier alpha value is -1.05. The van der Waals surface area contributed by atoms with Crippen LogP contribution in [0.15, 0.2) is 23.8 Å². The van der Waals surface area contributed by atoms with Gasteiger partial charge in [-0.2, -0.15) is 0 Å². The fraction of sp³-hybridized carbons (Fsp3) is 0.615. The minimum absolute atomic E-state index is 0.223. The molecule has 0 bridgehead atoms. The van der Waals surface area contributed by atoms with Crippen LogP contribution >= 0.6 is 0 Å². The standard InChI is InChI=1S/C13H20O2/c1-11(2)9-10-15-13(14)8-7-12-5-3-4-6-12/h7-9,12H,3-6,10H2,1-2H3/b8-7+. The van der Waals surface area contributed by atoms with E-state index in [-0.39, 0.29) is 5.97 Å². The molecule has 84 valence electrons. The van der Waals surface area contributed by atoms with Crippen LogP contribution in [0.1, 0.15) is 39.5 Å². The molecule has 0 N–H and O–H groups in total. The normalized spacial score (nSPS) is 16.9. The Kier molecular flexibility index (Phi) is 5.16. The van der Waals surface area contributed by atoms with E-state index in [9.17, 15) is 4.79 Å². The zero-order valence-corrected chi connectivity index (χ0v) is 9.66. The van der Waals surface area contributed by atoms with Crippen molar-refractivity contribution in [2.45, 2.75) is 39.5 Å². The topological polar surface area (TPSA) is 26.3 Å². The van der Waals surface area contributed by atoms with Gasteiger partial charge in [0, 0.05) is 6.08 Å². The summed E-state index contributed by atoms with van der Waals surface area (Å²) in [5, 5.41) is 0. The molecule has 1 fully saturated rings. The van der Waals surface area contributed by atoms with Crippen LogP contribution in [-0.4, -0.2) is 12.6 Å². The number of esters is 1. The van der Waals surface area contributed by atoms with Crippen LogP contribution < -0.4 is 0 Å². The van der Waals surface area contributed by atoms with Crippen molar-refractivity contribution in [1.82, 2.24) is 0 Å². The molecule has 1 rings (SSSR count). The summed E-state index contributed by atoms with van der Waals surface area (Å²) in [5.74, 6) is 0.375. The molecule has 0 aromatic heterocycles. The quantitative estimate of drug-likeness (QED) is 0.403. The highest BCUT2D eigenvalue weighted by molar-refractivity contribution is 5.82. The molecular formula is C13H20O2. The summed E-state index contributed by atoms with van der Waals surface area (Å²) in [7, 11) is 0. The molecular weight excluding hydrogens is 188 g/mol. The summed E-state index contributed by atoms with van der Waals surface area (Å²) in [5.41, 5.74) is 1.17. The number of allylic oxidation sites excluding steroid dienone is 2. The van der Waals surface area contributed by atoms with Crippen molar-refractivity contribution in [1.29, 1.82) is 0 Å². The first-order valence-electron chi connectivity index (χ1n) is 5.67. The van der Waals surface area contributed by atoms with Gasteiger partial charge in [0.2, 0.25) is 0 Å². The minimum atomic E-state index is -0.223. The molecule has 0 radical (unpaired) electrons. The molecule has 0 unspecified atom stereocenters. The lowest BCUT2D eigenvalue weighted by Crippen LogP contribution is -2.01. The highest BCUT2D eigenvalue weighted by Gasteiger charge is 2.11. The van der Waals surface area contributed by atoms with Crippen molar-refractivity contribution < 1.29 is 9.53 Å². The Labute approximate surface area is 92.0 Å². The summed E-state index contributed by atoms with van der Waals surface area (Å²) in [6.07, 6.45) is 10.5. The van der Waals surface area contributed by atoms with E-state index in [1.807, 2.05) is 26.0 Å². The van der Waals surface area contributed by atoms with Gasteiger partial charge in [-0.15, -0.1) is 0 Å². The van der Waals surface area contributed by atoms with Gasteiger partial charge in [-0.1, -0.05) is 24.5 Å². The fourth-order valence-corrected chi connectivity index (χ4v) is 1.70. The van der Waals surface area contributed by atoms with E-state index >= 15 is 0 Å². The first kappa shape index (κ1) is 12.0. The molecule has 1 aliphatic rings. The Morgan fingerprint density at radius 2 is 2.00 bits per heavy atom. The molecule has 1 saturated carbocycles. The second-order valence-corrected chi connectivity index (χ2v) is 4.32. The van der Waals surface area contributed by atoms with Gasteiger partial charge in [0.15, 0.2) is 0 Å². The minimum Gasteiger partial charge on any atom is -0.458 e. The van der Waals surface area contributed by atoms with Crippen LogP contribution in [0.5, 0.6) is 0 Å². The maximum atomic E-state index is 11.2. The number of hydrogen-bond donors (Lipinski definition) is 0. The van der Waals surface area contributed by atoms with Gasteiger partial charge in [-0.05, 0) is 38.7 Å². The van der Waals surface area contributed by atoms with Crippen molar-refractivity contribution in [3.8, 4) is 0 Å². The smallest absolute Gasteiger partial charge is 0.330 e. The third-order valence-corrected chi connectivity index (χ3v) is 2.62. The lowest BCUT2D eigenvalue weighted by Gasteiger charge is -2.00. The summed E-state index contributed by atoms with van der Waals surface area (Å²) in [6, 6.07) is 0. The van der Waals surface area contributed by atoms with Gasteiger partial charge in [0.25, 0.3) is 0 Å². The largest absolute Gasteiger partial charge is 0.458 e. The van der Waals surface area contributed by atoms with Crippen molar-refractivity contribution in [2.24, 2.45) is 5.92 Å². The van der Waals surface area contributed by atoms with Gasteiger partial charge in [-0.3, -0.25) is 0 Å². The van der Waals surface area contributed by atoms with Crippen molar-refractivity contribution in [3.63, 3.8) is 0 Å². The third kappa shape index (κ3) is 5.40. The first-order chi connectivity index (χ1) is 7.18. The Bertz CT molecular complexity index is 254. The molecule has 0 amide bonds. The highest BCUT2D eigenvalue weighted by atomic mass is 16.5. The molecule has 0 atom stereocenters.